The number of amides is 1. The summed E-state index contributed by atoms with van der Waals surface area (Å²) in [5, 5.41) is 14.3. The SMILES string of the molecule is CNCCNc1ccc2c(c1)N1C[C@H](C)CCCOc3c(cnn3C)-c3cc(cc(C)n3)C(=O)/N=C/1N2. The Bertz CT molecular complexity index is 1330. The molecule has 5 rings (SSSR count). The topological polar surface area (TPSA) is 109 Å². The van der Waals surface area contributed by atoms with Crippen LogP contribution in [0.2, 0.25) is 0 Å². The van der Waals surface area contributed by atoms with Crippen LogP contribution in [0.25, 0.3) is 11.3 Å². The Labute approximate surface area is 217 Å². The normalized spacial score (nSPS) is 18.8. The van der Waals surface area contributed by atoms with Crippen LogP contribution >= 0.6 is 0 Å². The van der Waals surface area contributed by atoms with Crippen molar-refractivity contribution in [2.24, 2.45) is 18.0 Å². The predicted octanol–water partition coefficient (Wildman–Crippen LogP) is 3.66. The van der Waals surface area contributed by atoms with E-state index >= 15 is 0 Å². The number of aromatic nitrogens is 3. The number of anilines is 3. The lowest BCUT2D eigenvalue weighted by molar-refractivity contribution is 0.100. The number of carbonyl (C=O) groups is 1. The zero-order valence-electron chi connectivity index (χ0n) is 21.8. The summed E-state index contributed by atoms with van der Waals surface area (Å²) in [6.45, 7) is 7.08. The smallest absolute Gasteiger partial charge is 0.280 e. The zero-order chi connectivity index (χ0) is 25.9. The lowest BCUT2D eigenvalue weighted by atomic mass is 10.1. The fourth-order valence-corrected chi connectivity index (χ4v) is 4.75. The summed E-state index contributed by atoms with van der Waals surface area (Å²) in [5.41, 5.74) is 5.59. The van der Waals surface area contributed by atoms with Crippen LogP contribution in [0, 0.1) is 12.8 Å². The molecule has 0 saturated carbocycles. The molecule has 4 heterocycles. The first-order chi connectivity index (χ1) is 17.9. The molecule has 3 aromatic rings. The molecule has 0 aliphatic carbocycles. The molecule has 2 aliphatic heterocycles. The van der Waals surface area contributed by atoms with E-state index in [2.05, 4.69) is 48.9 Å². The molecule has 3 N–H and O–H groups in total. The van der Waals surface area contributed by atoms with Gasteiger partial charge in [-0.15, -0.1) is 0 Å². The molecule has 0 unspecified atom stereocenters. The van der Waals surface area contributed by atoms with Crippen molar-refractivity contribution in [1.29, 1.82) is 0 Å². The second-order valence-electron chi connectivity index (χ2n) is 9.70. The number of hydrogen-bond donors (Lipinski definition) is 3. The number of guanidine groups is 1. The van der Waals surface area contributed by atoms with Crippen LogP contribution in [0.4, 0.5) is 17.1 Å². The number of nitrogens with one attached hydrogen (secondary N) is 3. The van der Waals surface area contributed by atoms with Crippen LogP contribution in [-0.4, -0.2) is 59.9 Å². The number of aryl methyl sites for hydroxylation is 2. The van der Waals surface area contributed by atoms with E-state index in [1.54, 1.807) is 23.0 Å². The molecule has 2 bridgehead atoms. The number of pyridine rings is 1. The highest BCUT2D eigenvalue weighted by molar-refractivity contribution is 6.19. The Morgan fingerprint density at radius 1 is 1.22 bits per heavy atom. The van der Waals surface area contributed by atoms with E-state index < -0.39 is 0 Å². The summed E-state index contributed by atoms with van der Waals surface area (Å²) in [7, 11) is 3.79. The van der Waals surface area contributed by atoms with E-state index in [0.717, 1.165) is 60.8 Å². The van der Waals surface area contributed by atoms with Crippen molar-refractivity contribution in [1.82, 2.24) is 20.1 Å². The van der Waals surface area contributed by atoms with Gasteiger partial charge in [0.05, 0.1) is 35.4 Å². The van der Waals surface area contributed by atoms with Crippen LogP contribution < -0.4 is 25.6 Å². The quantitative estimate of drug-likeness (QED) is 0.464. The first-order valence-electron chi connectivity index (χ1n) is 12.8. The molecule has 0 fully saturated rings. The van der Waals surface area contributed by atoms with Gasteiger partial charge < -0.3 is 25.6 Å². The van der Waals surface area contributed by atoms with Gasteiger partial charge in [0.15, 0.2) is 0 Å². The average Bonchev–Trinajstić information content (AvgIpc) is 3.40. The standard InChI is InChI=1S/C27H34N8O2/c1-17-6-5-11-37-26-21(15-30-34(26)4)23-13-19(12-18(2)31-23)25(36)33-27-32-22-8-7-20(29-10-9-28-3)14-24(22)35(27)16-17/h7-8,12-15,17,28-29H,5-6,9-11,16H2,1-4H3,(H,32,33,36)/t17-/m1/s1. The number of ether oxygens (including phenoxy) is 1. The second kappa shape index (κ2) is 10.6. The Morgan fingerprint density at radius 3 is 2.92 bits per heavy atom. The van der Waals surface area contributed by atoms with Crippen LogP contribution in [0.3, 0.4) is 0 Å². The van der Waals surface area contributed by atoms with E-state index in [0.29, 0.717) is 35.6 Å². The Balaban J connectivity index is 1.53. The number of nitrogens with zero attached hydrogens (tertiary/aromatic N) is 5. The van der Waals surface area contributed by atoms with Crippen LogP contribution in [0.5, 0.6) is 5.88 Å². The van der Waals surface area contributed by atoms with Crippen molar-refractivity contribution in [2.75, 3.05) is 48.8 Å². The molecular weight excluding hydrogens is 468 g/mol. The van der Waals surface area contributed by atoms with Gasteiger partial charge in [-0.05, 0) is 63.1 Å². The molecule has 0 saturated heterocycles. The lowest BCUT2D eigenvalue weighted by Gasteiger charge is -2.23. The number of rotatable bonds is 4. The number of hydrogen-bond acceptors (Lipinski definition) is 8. The highest BCUT2D eigenvalue weighted by atomic mass is 16.5. The number of fused-ring (bicyclic) bond motifs is 7. The number of likely N-dealkylation sites (N-methyl/N-ethyl adjacent to an activating group) is 1. The molecule has 0 spiro atoms. The van der Waals surface area contributed by atoms with Gasteiger partial charge in [-0.2, -0.15) is 10.1 Å². The van der Waals surface area contributed by atoms with Crippen molar-refractivity contribution in [3.05, 3.63) is 47.8 Å². The molecule has 2 aromatic heterocycles. The maximum atomic E-state index is 13.4. The number of aliphatic imine (C=N–C) groups is 1. The highest BCUT2D eigenvalue weighted by Gasteiger charge is 2.28. The molecule has 1 aromatic carbocycles. The van der Waals surface area contributed by atoms with Gasteiger partial charge in [0.2, 0.25) is 11.8 Å². The van der Waals surface area contributed by atoms with E-state index in [1.165, 1.54) is 0 Å². The fraction of sp³-hybridized carbons (Fsp3) is 0.407. The summed E-state index contributed by atoms with van der Waals surface area (Å²) in [6.07, 6.45) is 3.59. The van der Waals surface area contributed by atoms with Gasteiger partial charge >= 0.3 is 0 Å². The molecule has 2 aliphatic rings. The van der Waals surface area contributed by atoms with E-state index in [4.69, 9.17) is 4.74 Å². The summed E-state index contributed by atoms with van der Waals surface area (Å²) < 4.78 is 7.87. The van der Waals surface area contributed by atoms with Gasteiger partial charge in [0.1, 0.15) is 0 Å². The molecular formula is C27H34N8O2. The molecule has 10 nitrogen and oxygen atoms in total. The number of benzene rings is 1. The average molecular weight is 503 g/mol. The zero-order valence-corrected chi connectivity index (χ0v) is 21.8. The van der Waals surface area contributed by atoms with Gasteiger partial charge in [-0.25, -0.2) is 4.68 Å². The van der Waals surface area contributed by atoms with Crippen molar-refractivity contribution < 1.29 is 9.53 Å². The third-order valence-corrected chi connectivity index (χ3v) is 6.64. The Morgan fingerprint density at radius 2 is 2.08 bits per heavy atom. The maximum Gasteiger partial charge on any atom is 0.280 e. The molecule has 37 heavy (non-hydrogen) atoms. The van der Waals surface area contributed by atoms with Crippen LogP contribution in [0.15, 0.2) is 41.5 Å². The van der Waals surface area contributed by atoms with Gasteiger partial charge in [-0.3, -0.25) is 9.78 Å². The number of carbonyl (C=O) groups excluding carboxylic acids is 1. The third kappa shape index (κ3) is 5.29. The summed E-state index contributed by atoms with van der Waals surface area (Å²) in [6, 6.07) is 9.73. The fourth-order valence-electron chi connectivity index (χ4n) is 4.75. The van der Waals surface area contributed by atoms with Crippen molar-refractivity contribution in [3.63, 3.8) is 0 Å². The minimum absolute atomic E-state index is 0.326. The molecule has 10 heteroatoms. The monoisotopic (exact) mass is 502 g/mol. The van der Waals surface area contributed by atoms with E-state index in [-0.39, 0.29) is 5.91 Å². The largest absolute Gasteiger partial charge is 0.477 e. The van der Waals surface area contributed by atoms with E-state index in [9.17, 15) is 4.79 Å². The molecule has 194 valence electrons. The molecule has 0 radical (unpaired) electrons. The van der Waals surface area contributed by atoms with Gasteiger partial charge in [0, 0.05) is 43.6 Å². The predicted molar refractivity (Wildman–Crippen MR) is 147 cm³/mol. The van der Waals surface area contributed by atoms with Crippen LogP contribution in [-0.2, 0) is 7.05 Å². The van der Waals surface area contributed by atoms with Gasteiger partial charge in [0.25, 0.3) is 5.91 Å². The third-order valence-electron chi connectivity index (χ3n) is 6.64. The minimum atomic E-state index is -0.326. The highest BCUT2D eigenvalue weighted by Crippen LogP contribution is 2.36. The summed E-state index contributed by atoms with van der Waals surface area (Å²) in [4.78, 5) is 24.8. The van der Waals surface area contributed by atoms with Crippen molar-refractivity contribution in [3.8, 4) is 17.1 Å². The molecule has 1 amide bonds. The van der Waals surface area contributed by atoms with E-state index in [1.807, 2.05) is 33.2 Å². The molecule has 1 atom stereocenters. The maximum absolute atomic E-state index is 13.4. The summed E-state index contributed by atoms with van der Waals surface area (Å²) >= 11 is 0. The van der Waals surface area contributed by atoms with Crippen LogP contribution in [0.1, 0.15) is 35.8 Å². The lowest BCUT2D eigenvalue weighted by Crippen LogP contribution is -2.35. The first-order valence-corrected chi connectivity index (χ1v) is 12.8. The van der Waals surface area contributed by atoms with Crippen molar-refractivity contribution in [2.45, 2.75) is 26.7 Å². The second-order valence-corrected chi connectivity index (χ2v) is 9.70. The first kappa shape index (κ1) is 24.8. The Hall–Kier alpha value is -3.92. The Kier molecular flexibility index (Phi) is 7.09. The summed E-state index contributed by atoms with van der Waals surface area (Å²) in [5.74, 6) is 1.22. The minimum Gasteiger partial charge on any atom is -0.477 e. The van der Waals surface area contributed by atoms with Crippen molar-refractivity contribution >= 4 is 28.9 Å². The van der Waals surface area contributed by atoms with Gasteiger partial charge in [-0.1, -0.05) is 6.92 Å².